The Labute approximate surface area is 158 Å². The summed E-state index contributed by atoms with van der Waals surface area (Å²) in [5.74, 6) is -0.275. The van der Waals surface area contributed by atoms with Crippen LogP contribution in [0.4, 0.5) is 18.9 Å². The largest absolute Gasteiger partial charge is 0.416 e. The summed E-state index contributed by atoms with van der Waals surface area (Å²) in [5, 5.41) is 15.2. The highest BCUT2D eigenvalue weighted by molar-refractivity contribution is 5.77. The molecule has 0 aliphatic heterocycles. The number of carbonyl (C=O) groups excluding carboxylic acids is 1. The van der Waals surface area contributed by atoms with Crippen LogP contribution in [-0.2, 0) is 24.1 Å². The van der Waals surface area contributed by atoms with Gasteiger partial charge in [0.1, 0.15) is 17.9 Å². The first-order valence-electron chi connectivity index (χ1n) is 8.72. The summed E-state index contributed by atoms with van der Waals surface area (Å²) in [5.41, 5.74) is 0.258. The summed E-state index contributed by atoms with van der Waals surface area (Å²) in [6.07, 6.45) is -2.76. The molecule has 150 valence electrons. The molecule has 10 heteroatoms. The summed E-state index contributed by atoms with van der Waals surface area (Å²) < 4.78 is 39.4. The maximum atomic E-state index is 12.8. The average Bonchev–Trinajstić information content (AvgIpc) is 3.39. The molecular weight excluding hydrogens is 377 g/mol. The predicted octanol–water partition coefficient (Wildman–Crippen LogP) is 3.62. The van der Waals surface area contributed by atoms with Crippen LogP contribution in [0, 0.1) is 24.0 Å². The number of benzene rings is 1. The Kier molecular flexibility index (Phi) is 5.14. The fraction of sp³-hybridized carbons (Fsp3) is 0.444. The van der Waals surface area contributed by atoms with E-state index >= 15 is 0 Å². The molecule has 1 aromatic carbocycles. The van der Waals surface area contributed by atoms with Crippen molar-refractivity contribution >= 4 is 11.6 Å². The van der Waals surface area contributed by atoms with Crippen LogP contribution in [0.5, 0.6) is 0 Å². The Morgan fingerprint density at radius 1 is 1.29 bits per heavy atom. The van der Waals surface area contributed by atoms with Gasteiger partial charge in [0.2, 0.25) is 5.91 Å². The monoisotopic (exact) mass is 396 g/mol. The minimum absolute atomic E-state index is 0.0294. The summed E-state index contributed by atoms with van der Waals surface area (Å²) >= 11 is 0. The molecule has 0 bridgehead atoms. The van der Waals surface area contributed by atoms with Gasteiger partial charge >= 0.3 is 11.9 Å². The van der Waals surface area contributed by atoms with Crippen molar-refractivity contribution in [3.8, 4) is 0 Å². The van der Waals surface area contributed by atoms with E-state index < -0.39 is 16.7 Å². The number of nitrogens with zero attached hydrogens (tertiary/aromatic N) is 4. The van der Waals surface area contributed by atoms with Crippen molar-refractivity contribution < 1.29 is 22.9 Å². The molecule has 2 aromatic rings. The van der Waals surface area contributed by atoms with Crippen LogP contribution in [0.15, 0.2) is 24.3 Å². The highest BCUT2D eigenvalue weighted by Crippen LogP contribution is 2.31. The first-order valence-corrected chi connectivity index (χ1v) is 8.72. The van der Waals surface area contributed by atoms with Crippen molar-refractivity contribution in [3.05, 3.63) is 56.9 Å². The van der Waals surface area contributed by atoms with Crippen molar-refractivity contribution in [2.45, 2.75) is 52.0 Å². The van der Waals surface area contributed by atoms with Gasteiger partial charge in [0.15, 0.2) is 0 Å². The summed E-state index contributed by atoms with van der Waals surface area (Å²) in [6.45, 7) is 3.07. The lowest BCUT2D eigenvalue weighted by Crippen LogP contribution is -2.35. The molecule has 0 radical (unpaired) electrons. The molecule has 28 heavy (non-hydrogen) atoms. The third-order valence-electron chi connectivity index (χ3n) is 4.75. The molecule has 7 nitrogen and oxygen atoms in total. The zero-order valence-electron chi connectivity index (χ0n) is 15.4. The zero-order valence-corrected chi connectivity index (χ0v) is 15.4. The van der Waals surface area contributed by atoms with Crippen LogP contribution in [0.3, 0.4) is 0 Å². The quantitative estimate of drug-likeness (QED) is 0.552. The van der Waals surface area contributed by atoms with E-state index in [1.165, 1.54) is 30.7 Å². The molecule has 0 N–H and O–H groups in total. The highest BCUT2D eigenvalue weighted by Gasteiger charge is 2.34. The second-order valence-electron chi connectivity index (χ2n) is 6.88. The van der Waals surface area contributed by atoms with E-state index in [9.17, 15) is 28.1 Å². The van der Waals surface area contributed by atoms with Gasteiger partial charge in [-0.2, -0.15) is 18.3 Å². The van der Waals surface area contributed by atoms with Crippen molar-refractivity contribution in [3.63, 3.8) is 0 Å². The maximum Gasteiger partial charge on any atom is 0.416 e. The van der Waals surface area contributed by atoms with E-state index in [1.807, 2.05) is 0 Å². The third kappa shape index (κ3) is 4.15. The molecular formula is C18H19F3N4O3. The average molecular weight is 396 g/mol. The molecule has 1 saturated carbocycles. The summed E-state index contributed by atoms with van der Waals surface area (Å²) in [7, 11) is 0. The molecule has 0 spiro atoms. The van der Waals surface area contributed by atoms with Gasteiger partial charge in [-0.25, -0.2) is 0 Å². The topological polar surface area (TPSA) is 81.3 Å². The zero-order chi connectivity index (χ0) is 20.6. The highest BCUT2D eigenvalue weighted by atomic mass is 19.4. The van der Waals surface area contributed by atoms with Gasteiger partial charge in [-0.3, -0.25) is 19.6 Å². The molecule has 0 unspecified atom stereocenters. The molecule has 0 atom stereocenters. The fourth-order valence-electron chi connectivity index (χ4n) is 3.13. The predicted molar refractivity (Wildman–Crippen MR) is 93.4 cm³/mol. The van der Waals surface area contributed by atoms with Gasteiger partial charge in [-0.15, -0.1) is 0 Å². The van der Waals surface area contributed by atoms with Crippen LogP contribution in [0.25, 0.3) is 0 Å². The molecule has 1 amide bonds. The van der Waals surface area contributed by atoms with Gasteiger partial charge in [0, 0.05) is 12.6 Å². The van der Waals surface area contributed by atoms with E-state index in [0.717, 1.165) is 25.0 Å². The summed E-state index contributed by atoms with van der Waals surface area (Å²) in [4.78, 5) is 25.0. The van der Waals surface area contributed by atoms with Crippen molar-refractivity contribution in [2.24, 2.45) is 0 Å². The number of hydrogen-bond donors (Lipinski definition) is 0. The Balaban J connectivity index is 1.75. The second-order valence-corrected chi connectivity index (χ2v) is 6.88. The Morgan fingerprint density at radius 3 is 2.36 bits per heavy atom. The number of nitro groups is 1. The molecule has 1 aromatic heterocycles. The van der Waals surface area contributed by atoms with Crippen LogP contribution in [0.1, 0.15) is 35.4 Å². The van der Waals surface area contributed by atoms with Crippen LogP contribution in [0.2, 0.25) is 0 Å². The number of rotatable bonds is 6. The van der Waals surface area contributed by atoms with Crippen molar-refractivity contribution in [1.82, 2.24) is 14.7 Å². The lowest BCUT2D eigenvalue weighted by Gasteiger charge is -2.23. The van der Waals surface area contributed by atoms with Crippen LogP contribution in [-0.4, -0.2) is 31.6 Å². The Bertz CT molecular complexity index is 902. The first kappa shape index (κ1) is 19.8. The first-order chi connectivity index (χ1) is 13.1. The minimum atomic E-state index is -4.41. The van der Waals surface area contributed by atoms with Crippen LogP contribution < -0.4 is 0 Å². The number of amides is 1. The number of aryl methyl sites for hydroxylation is 1. The normalized spacial score (nSPS) is 14.2. The number of aromatic nitrogens is 2. The molecule has 1 heterocycles. The SMILES string of the molecule is Cc1nn(CC(=O)N(Cc2ccc(C(F)(F)F)cc2)C2CC2)c(C)c1[N+](=O)[O-]. The number of hydrogen-bond acceptors (Lipinski definition) is 4. The van der Waals surface area contributed by atoms with Gasteiger partial charge in [0.25, 0.3) is 0 Å². The number of alkyl halides is 3. The standard InChI is InChI=1S/C18H19F3N4O3/c1-11-17(25(27)28)12(2)24(22-11)10-16(26)23(15-7-8-15)9-13-3-5-14(6-4-13)18(19,20)21/h3-6,15H,7-10H2,1-2H3. The Hall–Kier alpha value is -2.91. The van der Waals surface area contributed by atoms with Gasteiger partial charge in [-0.1, -0.05) is 12.1 Å². The van der Waals surface area contributed by atoms with E-state index in [-0.39, 0.29) is 36.4 Å². The molecule has 0 saturated heterocycles. The molecule has 3 rings (SSSR count). The Morgan fingerprint density at radius 2 is 1.89 bits per heavy atom. The van der Waals surface area contributed by atoms with Crippen molar-refractivity contribution in [2.75, 3.05) is 0 Å². The molecule has 1 fully saturated rings. The lowest BCUT2D eigenvalue weighted by molar-refractivity contribution is -0.386. The maximum absolute atomic E-state index is 12.8. The minimum Gasteiger partial charge on any atom is -0.334 e. The van der Waals surface area contributed by atoms with Gasteiger partial charge < -0.3 is 4.90 Å². The van der Waals surface area contributed by atoms with E-state index in [4.69, 9.17) is 0 Å². The summed E-state index contributed by atoms with van der Waals surface area (Å²) in [6, 6.07) is 4.74. The number of halogens is 3. The second kappa shape index (κ2) is 7.25. The molecule has 1 aliphatic carbocycles. The third-order valence-corrected chi connectivity index (χ3v) is 4.75. The van der Waals surface area contributed by atoms with Crippen LogP contribution >= 0.6 is 0 Å². The van der Waals surface area contributed by atoms with E-state index in [1.54, 1.807) is 4.90 Å². The van der Waals surface area contributed by atoms with Gasteiger partial charge in [0.05, 0.1) is 10.5 Å². The smallest absolute Gasteiger partial charge is 0.334 e. The van der Waals surface area contributed by atoms with E-state index in [0.29, 0.717) is 11.3 Å². The van der Waals surface area contributed by atoms with E-state index in [2.05, 4.69) is 5.10 Å². The lowest BCUT2D eigenvalue weighted by atomic mass is 10.1. The van der Waals surface area contributed by atoms with Gasteiger partial charge in [-0.05, 0) is 44.4 Å². The molecule has 1 aliphatic rings. The number of carbonyl (C=O) groups is 1. The van der Waals surface area contributed by atoms with Crippen molar-refractivity contribution in [1.29, 1.82) is 0 Å². The fourth-order valence-corrected chi connectivity index (χ4v) is 3.13.